The number of hydrogen-bond donors (Lipinski definition) is 1. The molecule has 0 saturated carbocycles. The van der Waals surface area contributed by atoms with E-state index in [4.69, 9.17) is 4.74 Å². The Balaban J connectivity index is 1.32. The molecule has 0 atom stereocenters. The molecule has 0 unspecified atom stereocenters. The van der Waals surface area contributed by atoms with Crippen molar-refractivity contribution in [3.8, 4) is 16.9 Å². The van der Waals surface area contributed by atoms with E-state index >= 15 is 0 Å². The van der Waals surface area contributed by atoms with Gasteiger partial charge in [-0.25, -0.2) is 0 Å². The summed E-state index contributed by atoms with van der Waals surface area (Å²) in [4.78, 5) is 30.9. The molecule has 0 bridgehead atoms. The molecule has 0 radical (unpaired) electrons. The molecule has 6 nitrogen and oxygen atoms in total. The second-order valence-electron chi connectivity index (χ2n) is 8.70. The minimum Gasteiger partial charge on any atom is -0.497 e. The van der Waals surface area contributed by atoms with Gasteiger partial charge in [0.15, 0.2) is 0 Å². The van der Waals surface area contributed by atoms with Crippen molar-refractivity contribution in [2.75, 3.05) is 18.6 Å². The summed E-state index contributed by atoms with van der Waals surface area (Å²) in [6.45, 7) is 1.14. The van der Waals surface area contributed by atoms with Gasteiger partial charge in [0.1, 0.15) is 5.75 Å². The topological polar surface area (TPSA) is 71.5 Å². The predicted molar refractivity (Wildman–Crippen MR) is 137 cm³/mol. The van der Waals surface area contributed by atoms with E-state index in [0.717, 1.165) is 57.4 Å². The van der Waals surface area contributed by atoms with Gasteiger partial charge in [-0.3, -0.25) is 14.6 Å². The lowest BCUT2D eigenvalue weighted by Crippen LogP contribution is -2.25. The number of pyridine rings is 1. The van der Waals surface area contributed by atoms with E-state index in [0.29, 0.717) is 13.0 Å². The Kier molecular flexibility index (Phi) is 6.44. The number of benzene rings is 3. The number of nitrogens with zero attached hydrogens (tertiary/aromatic N) is 2. The maximum Gasteiger partial charge on any atom is 0.227 e. The van der Waals surface area contributed by atoms with Crippen LogP contribution >= 0.6 is 0 Å². The summed E-state index contributed by atoms with van der Waals surface area (Å²) in [5, 5.41) is 5.12. The van der Waals surface area contributed by atoms with E-state index in [1.807, 2.05) is 60.8 Å². The fourth-order valence-electron chi connectivity index (χ4n) is 4.64. The molecule has 1 aliphatic heterocycles. The Morgan fingerprint density at radius 3 is 2.77 bits per heavy atom. The third kappa shape index (κ3) is 4.87. The van der Waals surface area contributed by atoms with Crippen molar-refractivity contribution in [1.82, 2.24) is 10.3 Å². The summed E-state index contributed by atoms with van der Waals surface area (Å²) in [6, 6.07) is 21.8. The summed E-state index contributed by atoms with van der Waals surface area (Å²) in [7, 11) is 1.66. The Morgan fingerprint density at radius 1 is 1.06 bits per heavy atom. The van der Waals surface area contributed by atoms with Crippen LogP contribution in [0.2, 0.25) is 0 Å². The molecule has 0 aliphatic carbocycles. The number of ether oxygens (including phenoxy) is 1. The first-order chi connectivity index (χ1) is 17.1. The molecule has 1 aromatic heterocycles. The molecule has 6 heteroatoms. The van der Waals surface area contributed by atoms with Gasteiger partial charge < -0.3 is 15.0 Å². The van der Waals surface area contributed by atoms with Gasteiger partial charge in [-0.05, 0) is 64.4 Å². The highest BCUT2D eigenvalue weighted by molar-refractivity contribution is 5.98. The number of rotatable bonds is 7. The van der Waals surface area contributed by atoms with Crippen LogP contribution < -0.4 is 15.0 Å². The third-order valence-corrected chi connectivity index (χ3v) is 6.43. The van der Waals surface area contributed by atoms with E-state index in [1.54, 1.807) is 18.2 Å². The average molecular weight is 466 g/mol. The zero-order valence-corrected chi connectivity index (χ0v) is 19.7. The minimum atomic E-state index is -0.0659. The third-order valence-electron chi connectivity index (χ3n) is 6.43. The molecule has 3 aromatic carbocycles. The highest BCUT2D eigenvalue weighted by Crippen LogP contribution is 2.32. The molecule has 2 amide bonds. The van der Waals surface area contributed by atoms with Crippen molar-refractivity contribution < 1.29 is 14.3 Å². The van der Waals surface area contributed by atoms with Crippen LogP contribution in [-0.2, 0) is 22.6 Å². The van der Waals surface area contributed by atoms with Gasteiger partial charge in [-0.15, -0.1) is 0 Å². The van der Waals surface area contributed by atoms with Crippen molar-refractivity contribution in [1.29, 1.82) is 0 Å². The fourth-order valence-corrected chi connectivity index (χ4v) is 4.64. The summed E-state index contributed by atoms with van der Waals surface area (Å²) in [5.41, 5.74) is 4.91. The molecule has 1 saturated heterocycles. The number of anilines is 1. The summed E-state index contributed by atoms with van der Waals surface area (Å²) < 4.78 is 5.39. The summed E-state index contributed by atoms with van der Waals surface area (Å²) in [5.74, 6) is 0.882. The van der Waals surface area contributed by atoms with Crippen molar-refractivity contribution in [2.24, 2.45) is 0 Å². The number of hydrogen-bond acceptors (Lipinski definition) is 4. The average Bonchev–Trinajstić information content (AvgIpc) is 3.33. The molecule has 2 heterocycles. The van der Waals surface area contributed by atoms with Crippen LogP contribution in [0.4, 0.5) is 5.69 Å². The normalized spacial score (nSPS) is 13.3. The Morgan fingerprint density at radius 2 is 1.94 bits per heavy atom. The first kappa shape index (κ1) is 22.6. The molecule has 1 fully saturated rings. The molecule has 4 aromatic rings. The lowest BCUT2D eigenvalue weighted by molar-refractivity contribution is -0.120. The molecule has 1 aliphatic rings. The van der Waals surface area contributed by atoms with E-state index in [9.17, 15) is 9.59 Å². The van der Waals surface area contributed by atoms with Crippen LogP contribution in [0.1, 0.15) is 24.0 Å². The number of aromatic nitrogens is 1. The predicted octanol–water partition coefficient (Wildman–Crippen LogP) is 4.90. The van der Waals surface area contributed by atoms with Crippen LogP contribution in [0.5, 0.6) is 5.75 Å². The summed E-state index contributed by atoms with van der Waals surface area (Å²) in [6.07, 6.45) is 5.35. The monoisotopic (exact) mass is 465 g/mol. The number of amides is 2. The second kappa shape index (κ2) is 9.97. The number of carbonyl (C=O) groups excluding carboxylic acids is 2. The molecule has 1 N–H and O–H groups in total. The zero-order valence-electron chi connectivity index (χ0n) is 19.7. The first-order valence-corrected chi connectivity index (χ1v) is 11.8. The van der Waals surface area contributed by atoms with Crippen molar-refractivity contribution >= 4 is 28.3 Å². The molecular formula is C29H27N3O3. The van der Waals surface area contributed by atoms with Gasteiger partial charge in [0.25, 0.3) is 0 Å². The van der Waals surface area contributed by atoms with Crippen molar-refractivity contribution in [3.63, 3.8) is 0 Å². The van der Waals surface area contributed by atoms with Gasteiger partial charge in [0.05, 0.1) is 13.5 Å². The Bertz CT molecular complexity index is 1400. The Hall–Kier alpha value is -4.19. The van der Waals surface area contributed by atoms with E-state index < -0.39 is 0 Å². The largest absolute Gasteiger partial charge is 0.497 e. The maximum absolute atomic E-state index is 12.8. The lowest BCUT2D eigenvalue weighted by atomic mass is 9.96. The van der Waals surface area contributed by atoms with Gasteiger partial charge in [-0.1, -0.05) is 36.4 Å². The quantitative estimate of drug-likeness (QED) is 0.422. The number of fused-ring (bicyclic) bond motifs is 1. The van der Waals surface area contributed by atoms with Crippen LogP contribution in [0.25, 0.3) is 21.9 Å². The number of carbonyl (C=O) groups is 2. The van der Waals surface area contributed by atoms with Gasteiger partial charge >= 0.3 is 0 Å². The smallest absolute Gasteiger partial charge is 0.227 e. The van der Waals surface area contributed by atoms with Crippen LogP contribution in [0.3, 0.4) is 0 Å². The SMILES string of the molecule is COc1cccc(-c2ccc(CNC(=O)Cc3cccc(N4CCCC4=O)c3)c3cnccc23)c1. The van der Waals surface area contributed by atoms with Crippen LogP contribution in [0.15, 0.2) is 79.1 Å². The van der Waals surface area contributed by atoms with Crippen LogP contribution in [-0.4, -0.2) is 30.5 Å². The second-order valence-corrected chi connectivity index (χ2v) is 8.70. The Labute approximate surface area is 204 Å². The van der Waals surface area contributed by atoms with E-state index in [2.05, 4.69) is 22.4 Å². The highest BCUT2D eigenvalue weighted by Gasteiger charge is 2.21. The van der Waals surface area contributed by atoms with Gasteiger partial charge in [0.2, 0.25) is 11.8 Å². The standard InChI is InChI=1S/C29H27N3O3/c1-35-24-8-3-6-21(17-24)25-11-10-22(27-19-30-13-12-26(25)27)18-31-28(33)16-20-5-2-7-23(15-20)32-14-4-9-29(32)34/h2-3,5-8,10-13,15,17,19H,4,9,14,16,18H2,1H3,(H,31,33). The fraction of sp³-hybridized carbons (Fsp3) is 0.207. The van der Waals surface area contributed by atoms with E-state index in [1.165, 1.54) is 0 Å². The number of nitrogens with one attached hydrogen (secondary N) is 1. The van der Waals surface area contributed by atoms with E-state index in [-0.39, 0.29) is 18.2 Å². The molecule has 0 spiro atoms. The zero-order chi connectivity index (χ0) is 24.2. The van der Waals surface area contributed by atoms with Gasteiger partial charge in [-0.2, -0.15) is 0 Å². The number of methoxy groups -OCH3 is 1. The molecule has 176 valence electrons. The van der Waals surface area contributed by atoms with Gasteiger partial charge in [0, 0.05) is 43.0 Å². The minimum absolute atomic E-state index is 0.0659. The first-order valence-electron chi connectivity index (χ1n) is 11.8. The van der Waals surface area contributed by atoms with Crippen LogP contribution in [0, 0.1) is 0 Å². The molecule has 5 rings (SSSR count). The van der Waals surface area contributed by atoms with Crippen molar-refractivity contribution in [2.45, 2.75) is 25.8 Å². The highest BCUT2D eigenvalue weighted by atomic mass is 16.5. The molecular weight excluding hydrogens is 438 g/mol. The summed E-state index contributed by atoms with van der Waals surface area (Å²) >= 11 is 0. The lowest BCUT2D eigenvalue weighted by Gasteiger charge is -2.16. The molecule has 35 heavy (non-hydrogen) atoms. The van der Waals surface area contributed by atoms with Crippen molar-refractivity contribution in [3.05, 3.63) is 90.3 Å². The maximum atomic E-state index is 12.8.